The van der Waals surface area contributed by atoms with Crippen LogP contribution in [0, 0.1) is 0 Å². The monoisotopic (exact) mass is 474 g/mol. The zero-order chi connectivity index (χ0) is 25.3. The van der Waals surface area contributed by atoms with Gasteiger partial charge in [-0.2, -0.15) is 0 Å². The van der Waals surface area contributed by atoms with Crippen molar-refractivity contribution in [3.05, 3.63) is 143 Å². The van der Waals surface area contributed by atoms with Crippen LogP contribution in [0.2, 0.25) is 0 Å². The quantitative estimate of drug-likeness (QED) is 0.125. The summed E-state index contributed by atoms with van der Waals surface area (Å²) < 4.78 is 5.56. The molecule has 0 fully saturated rings. The number of carboxylic acid groups (broad SMARTS) is 1. The standard InChI is InChI=1S/C32H26O4/c1-2-29(24-9-5-3-6-10-24)31(25-16-13-23(14-17-25)15-22-30(33)34)26-18-20-28(21-19-26)36-32(35)27-11-7-4-8-12-27/h3-22H,2H2,1H3,(H,33,34)/b22-15+,31-29+. The molecule has 0 unspecified atom stereocenters. The largest absolute Gasteiger partial charge is 0.478 e. The molecule has 1 N–H and O–H groups in total. The van der Waals surface area contributed by atoms with Gasteiger partial charge in [0.25, 0.3) is 0 Å². The lowest BCUT2D eigenvalue weighted by molar-refractivity contribution is -0.131. The lowest BCUT2D eigenvalue weighted by Gasteiger charge is -2.17. The SMILES string of the molecule is CC/C(=C(/c1ccc(/C=C/C(=O)O)cc1)c1ccc(OC(=O)c2ccccc2)cc1)c1ccccc1. The molecule has 0 bridgehead atoms. The fraction of sp³-hybridized carbons (Fsp3) is 0.0625. The first-order valence-electron chi connectivity index (χ1n) is 11.7. The summed E-state index contributed by atoms with van der Waals surface area (Å²) in [5.74, 6) is -0.911. The Morgan fingerprint density at radius 2 is 1.22 bits per heavy atom. The lowest BCUT2D eigenvalue weighted by atomic mass is 9.88. The first-order chi connectivity index (χ1) is 17.5. The van der Waals surface area contributed by atoms with Gasteiger partial charge >= 0.3 is 11.9 Å². The van der Waals surface area contributed by atoms with E-state index in [9.17, 15) is 9.59 Å². The number of hydrogen-bond acceptors (Lipinski definition) is 3. The van der Waals surface area contributed by atoms with E-state index in [-0.39, 0.29) is 0 Å². The molecule has 4 rings (SSSR count). The van der Waals surface area contributed by atoms with Gasteiger partial charge in [0, 0.05) is 6.08 Å². The molecule has 0 amide bonds. The molecular formula is C32H26O4. The van der Waals surface area contributed by atoms with Crippen LogP contribution in [0.25, 0.3) is 17.2 Å². The Hall–Kier alpha value is -4.70. The van der Waals surface area contributed by atoms with Crippen LogP contribution in [0.1, 0.15) is 46.0 Å². The number of benzene rings is 4. The van der Waals surface area contributed by atoms with Crippen molar-refractivity contribution in [3.63, 3.8) is 0 Å². The number of ether oxygens (including phenoxy) is 1. The van der Waals surface area contributed by atoms with Crippen molar-refractivity contribution in [1.29, 1.82) is 0 Å². The highest BCUT2D eigenvalue weighted by Gasteiger charge is 2.14. The van der Waals surface area contributed by atoms with Gasteiger partial charge in [-0.15, -0.1) is 0 Å². The van der Waals surface area contributed by atoms with E-state index in [4.69, 9.17) is 9.84 Å². The van der Waals surface area contributed by atoms with Crippen LogP contribution in [0.3, 0.4) is 0 Å². The van der Waals surface area contributed by atoms with Gasteiger partial charge in [-0.25, -0.2) is 9.59 Å². The number of rotatable bonds is 8. The number of carbonyl (C=O) groups is 2. The van der Waals surface area contributed by atoms with Gasteiger partial charge in [-0.1, -0.05) is 91.9 Å². The molecule has 4 nitrogen and oxygen atoms in total. The molecule has 0 aliphatic rings. The Labute approximate surface area is 210 Å². The lowest BCUT2D eigenvalue weighted by Crippen LogP contribution is -2.08. The maximum atomic E-state index is 12.4. The van der Waals surface area contributed by atoms with E-state index < -0.39 is 11.9 Å². The van der Waals surface area contributed by atoms with Crippen molar-refractivity contribution < 1.29 is 19.4 Å². The van der Waals surface area contributed by atoms with Crippen LogP contribution in [-0.2, 0) is 4.79 Å². The minimum atomic E-state index is -0.981. The Kier molecular flexibility index (Phi) is 7.89. The van der Waals surface area contributed by atoms with Gasteiger partial charge in [-0.05, 0) is 70.2 Å². The fourth-order valence-electron chi connectivity index (χ4n) is 4.04. The smallest absolute Gasteiger partial charge is 0.343 e. The van der Waals surface area contributed by atoms with Crippen LogP contribution in [-0.4, -0.2) is 17.0 Å². The summed E-state index contributed by atoms with van der Waals surface area (Å²) in [4.78, 5) is 23.3. The maximum Gasteiger partial charge on any atom is 0.343 e. The van der Waals surface area contributed by atoms with Crippen LogP contribution >= 0.6 is 0 Å². The molecule has 0 aliphatic carbocycles. The van der Waals surface area contributed by atoms with Crippen molar-refractivity contribution in [3.8, 4) is 5.75 Å². The molecule has 0 saturated heterocycles. The summed E-state index contributed by atoms with van der Waals surface area (Å²) in [6.45, 7) is 2.13. The van der Waals surface area contributed by atoms with Crippen molar-refractivity contribution in [2.45, 2.75) is 13.3 Å². The second kappa shape index (κ2) is 11.6. The highest BCUT2D eigenvalue weighted by Crippen LogP contribution is 2.35. The zero-order valence-electron chi connectivity index (χ0n) is 19.9. The number of allylic oxidation sites excluding steroid dienone is 1. The average molecular weight is 475 g/mol. The molecule has 0 aromatic heterocycles. The summed E-state index contributed by atoms with van der Waals surface area (Å²) >= 11 is 0. The highest BCUT2D eigenvalue weighted by atomic mass is 16.5. The van der Waals surface area contributed by atoms with E-state index in [0.29, 0.717) is 11.3 Å². The van der Waals surface area contributed by atoms with Gasteiger partial charge in [-0.3, -0.25) is 0 Å². The second-order valence-corrected chi connectivity index (χ2v) is 8.15. The number of carbonyl (C=O) groups excluding carboxylic acids is 1. The summed E-state index contributed by atoms with van der Waals surface area (Å²) in [5, 5.41) is 8.91. The average Bonchev–Trinajstić information content (AvgIpc) is 2.92. The Morgan fingerprint density at radius 1 is 0.694 bits per heavy atom. The number of esters is 1. The molecule has 0 spiro atoms. The van der Waals surface area contributed by atoms with Gasteiger partial charge < -0.3 is 9.84 Å². The minimum Gasteiger partial charge on any atom is -0.478 e. The zero-order valence-corrected chi connectivity index (χ0v) is 19.9. The third kappa shape index (κ3) is 6.05. The maximum absolute atomic E-state index is 12.4. The van der Waals surface area contributed by atoms with E-state index in [1.165, 1.54) is 5.57 Å². The molecule has 4 aromatic rings. The van der Waals surface area contributed by atoms with Gasteiger partial charge in [0.15, 0.2) is 0 Å². The summed E-state index contributed by atoms with van der Waals surface area (Å²) in [6, 6.07) is 34.5. The Balaban J connectivity index is 1.72. The first kappa shape index (κ1) is 24.4. The molecule has 0 atom stereocenters. The Bertz CT molecular complexity index is 1380. The van der Waals surface area contributed by atoms with Crippen molar-refractivity contribution >= 4 is 29.2 Å². The van der Waals surface area contributed by atoms with Crippen molar-refractivity contribution in [2.75, 3.05) is 0 Å². The van der Waals surface area contributed by atoms with E-state index >= 15 is 0 Å². The predicted octanol–water partition coefficient (Wildman–Crippen LogP) is 7.37. The van der Waals surface area contributed by atoms with Crippen LogP contribution in [0.4, 0.5) is 0 Å². The molecule has 4 heteroatoms. The third-order valence-electron chi connectivity index (χ3n) is 5.76. The molecular weight excluding hydrogens is 448 g/mol. The van der Waals surface area contributed by atoms with Gasteiger partial charge in [0.2, 0.25) is 0 Å². The number of hydrogen-bond donors (Lipinski definition) is 1. The van der Waals surface area contributed by atoms with Crippen molar-refractivity contribution in [2.24, 2.45) is 0 Å². The molecule has 4 aromatic carbocycles. The van der Waals surface area contributed by atoms with Crippen LogP contribution < -0.4 is 4.74 Å². The molecule has 0 saturated carbocycles. The predicted molar refractivity (Wildman–Crippen MR) is 144 cm³/mol. The number of carboxylic acids is 1. The normalized spacial score (nSPS) is 11.7. The minimum absolute atomic E-state index is 0.400. The number of aliphatic carboxylic acids is 1. The summed E-state index contributed by atoms with van der Waals surface area (Å²) in [5.41, 5.74) is 6.68. The van der Waals surface area contributed by atoms with Crippen LogP contribution in [0.15, 0.2) is 115 Å². The molecule has 178 valence electrons. The molecule has 0 heterocycles. The fourth-order valence-corrected chi connectivity index (χ4v) is 4.04. The van der Waals surface area contributed by atoms with Crippen molar-refractivity contribution in [1.82, 2.24) is 0 Å². The molecule has 0 radical (unpaired) electrons. The van der Waals surface area contributed by atoms with Gasteiger partial charge in [0.05, 0.1) is 5.56 Å². The Morgan fingerprint density at radius 3 is 1.75 bits per heavy atom. The van der Waals surface area contributed by atoms with Crippen LogP contribution in [0.5, 0.6) is 5.75 Å². The van der Waals surface area contributed by atoms with Gasteiger partial charge in [0.1, 0.15) is 5.75 Å². The van der Waals surface area contributed by atoms with E-state index in [1.807, 2.05) is 60.7 Å². The first-order valence-corrected chi connectivity index (χ1v) is 11.7. The molecule has 0 aliphatic heterocycles. The molecule has 36 heavy (non-hydrogen) atoms. The highest BCUT2D eigenvalue weighted by molar-refractivity contribution is 5.99. The summed E-state index contributed by atoms with van der Waals surface area (Å²) in [7, 11) is 0. The van der Waals surface area contributed by atoms with E-state index in [2.05, 4.69) is 19.1 Å². The third-order valence-corrected chi connectivity index (χ3v) is 5.76. The van der Waals surface area contributed by atoms with E-state index in [0.717, 1.165) is 40.3 Å². The second-order valence-electron chi connectivity index (χ2n) is 8.15. The summed E-state index contributed by atoms with van der Waals surface area (Å²) in [6.07, 6.45) is 3.51. The van der Waals surface area contributed by atoms with E-state index in [1.54, 1.807) is 42.5 Å². The topological polar surface area (TPSA) is 63.6 Å².